The van der Waals surface area contributed by atoms with Crippen LogP contribution in [0.25, 0.3) is 22.5 Å². The van der Waals surface area contributed by atoms with E-state index in [0.717, 1.165) is 38.9 Å². The Morgan fingerprint density at radius 1 is 0.875 bits per heavy atom. The Morgan fingerprint density at radius 3 is 1.92 bits per heavy atom. The van der Waals surface area contributed by atoms with Crippen molar-refractivity contribution < 1.29 is 10.2 Å². The fourth-order valence-corrected chi connectivity index (χ4v) is 3.97. The molecule has 24 heavy (non-hydrogen) atoms. The molecule has 122 valence electrons. The van der Waals surface area contributed by atoms with Gasteiger partial charge in [-0.1, -0.05) is 0 Å². The van der Waals surface area contributed by atoms with Crippen molar-refractivity contribution in [1.82, 2.24) is 9.78 Å². The SMILES string of the molecule is Oc1ccc(-c2nn(C3CCC3)c(-c3ccc(O)cc3)c2I)cc1. The minimum absolute atomic E-state index is 0.256. The maximum Gasteiger partial charge on any atom is 0.115 e. The maximum absolute atomic E-state index is 9.57. The third-order valence-corrected chi connectivity index (χ3v) is 5.58. The second-order valence-electron chi connectivity index (χ2n) is 6.13. The van der Waals surface area contributed by atoms with E-state index in [1.165, 1.54) is 6.42 Å². The van der Waals surface area contributed by atoms with Crippen molar-refractivity contribution >= 4 is 22.6 Å². The number of hydrogen-bond donors (Lipinski definition) is 2. The smallest absolute Gasteiger partial charge is 0.115 e. The minimum atomic E-state index is 0.256. The van der Waals surface area contributed by atoms with Crippen LogP contribution < -0.4 is 0 Å². The Morgan fingerprint density at radius 2 is 1.42 bits per heavy atom. The van der Waals surface area contributed by atoms with Crippen molar-refractivity contribution in [2.75, 3.05) is 0 Å². The summed E-state index contributed by atoms with van der Waals surface area (Å²) in [6, 6.07) is 14.9. The molecule has 1 aliphatic carbocycles. The molecule has 2 N–H and O–H groups in total. The van der Waals surface area contributed by atoms with Crippen molar-refractivity contribution in [1.29, 1.82) is 0 Å². The van der Waals surface area contributed by atoms with E-state index in [1.807, 2.05) is 24.3 Å². The van der Waals surface area contributed by atoms with E-state index in [9.17, 15) is 10.2 Å². The van der Waals surface area contributed by atoms with Crippen LogP contribution in [0.1, 0.15) is 25.3 Å². The number of phenolic OH excluding ortho intramolecular Hbond substituents is 2. The largest absolute Gasteiger partial charge is 0.508 e. The molecule has 2 aromatic carbocycles. The molecule has 0 aliphatic heterocycles. The normalized spacial score (nSPS) is 14.5. The average molecular weight is 432 g/mol. The highest BCUT2D eigenvalue weighted by molar-refractivity contribution is 14.1. The molecule has 5 heteroatoms. The monoisotopic (exact) mass is 432 g/mol. The molecule has 0 atom stereocenters. The zero-order chi connectivity index (χ0) is 16.7. The molecule has 1 saturated carbocycles. The van der Waals surface area contributed by atoms with Crippen LogP contribution >= 0.6 is 22.6 Å². The van der Waals surface area contributed by atoms with Crippen LogP contribution in [0.5, 0.6) is 11.5 Å². The fourth-order valence-electron chi connectivity index (χ4n) is 2.99. The van der Waals surface area contributed by atoms with Gasteiger partial charge in [0.15, 0.2) is 0 Å². The minimum Gasteiger partial charge on any atom is -0.508 e. The molecule has 4 rings (SSSR count). The third-order valence-electron chi connectivity index (χ3n) is 4.55. The standard InChI is InChI=1S/C19H17IN2O2/c20-17-18(12-4-8-15(23)9-5-12)21-22(14-2-1-3-14)19(17)13-6-10-16(24)11-7-13/h4-11,14,23-24H,1-3H2. The Bertz CT molecular complexity index is 866. The molecule has 3 aromatic rings. The number of phenols is 2. The first-order valence-corrected chi connectivity index (χ1v) is 9.08. The Hall–Kier alpha value is -2.02. The van der Waals surface area contributed by atoms with Crippen molar-refractivity contribution in [3.63, 3.8) is 0 Å². The number of benzene rings is 2. The summed E-state index contributed by atoms with van der Waals surface area (Å²) in [7, 11) is 0. The van der Waals surface area contributed by atoms with Crippen LogP contribution in [-0.4, -0.2) is 20.0 Å². The number of halogens is 1. The van der Waals surface area contributed by atoms with Crippen molar-refractivity contribution in [3.05, 3.63) is 52.1 Å². The molecule has 0 bridgehead atoms. The zero-order valence-electron chi connectivity index (χ0n) is 13.0. The van der Waals surface area contributed by atoms with Gasteiger partial charge in [-0.15, -0.1) is 0 Å². The predicted molar refractivity (Wildman–Crippen MR) is 102 cm³/mol. The van der Waals surface area contributed by atoms with E-state index in [1.54, 1.807) is 24.3 Å². The highest BCUT2D eigenvalue weighted by atomic mass is 127. The Kier molecular flexibility index (Phi) is 3.96. The van der Waals surface area contributed by atoms with Gasteiger partial charge in [-0.2, -0.15) is 5.10 Å². The summed E-state index contributed by atoms with van der Waals surface area (Å²) in [5.74, 6) is 0.521. The van der Waals surface area contributed by atoms with Crippen LogP contribution in [0.2, 0.25) is 0 Å². The van der Waals surface area contributed by atoms with Crippen molar-refractivity contribution in [2.45, 2.75) is 25.3 Å². The van der Waals surface area contributed by atoms with Gasteiger partial charge in [0, 0.05) is 11.1 Å². The lowest BCUT2D eigenvalue weighted by atomic mass is 9.93. The van der Waals surface area contributed by atoms with Gasteiger partial charge in [-0.25, -0.2) is 0 Å². The third kappa shape index (κ3) is 2.66. The van der Waals surface area contributed by atoms with Gasteiger partial charge in [-0.3, -0.25) is 4.68 Å². The zero-order valence-corrected chi connectivity index (χ0v) is 15.1. The summed E-state index contributed by atoms with van der Waals surface area (Å²) >= 11 is 2.35. The second kappa shape index (κ2) is 6.12. The Balaban J connectivity index is 1.87. The van der Waals surface area contributed by atoms with E-state index < -0.39 is 0 Å². The molecule has 0 radical (unpaired) electrons. The second-order valence-corrected chi connectivity index (χ2v) is 7.21. The molecular formula is C19H17IN2O2. The lowest BCUT2D eigenvalue weighted by molar-refractivity contribution is 0.292. The van der Waals surface area contributed by atoms with Gasteiger partial charge in [0.1, 0.15) is 17.2 Å². The molecular weight excluding hydrogens is 415 g/mol. The summed E-state index contributed by atoms with van der Waals surface area (Å²) in [6.45, 7) is 0. The average Bonchev–Trinajstić information content (AvgIpc) is 2.85. The number of aromatic nitrogens is 2. The lowest BCUT2D eigenvalue weighted by Gasteiger charge is -2.27. The number of rotatable bonds is 3. The van der Waals surface area contributed by atoms with E-state index in [2.05, 4.69) is 27.3 Å². The van der Waals surface area contributed by atoms with E-state index in [0.29, 0.717) is 6.04 Å². The van der Waals surface area contributed by atoms with Gasteiger partial charge in [0.25, 0.3) is 0 Å². The lowest BCUT2D eigenvalue weighted by Crippen LogP contribution is -2.19. The molecule has 0 amide bonds. The fraction of sp³-hybridized carbons (Fsp3) is 0.211. The van der Waals surface area contributed by atoms with Crippen LogP contribution in [0.4, 0.5) is 0 Å². The summed E-state index contributed by atoms with van der Waals surface area (Å²) in [5.41, 5.74) is 4.09. The van der Waals surface area contributed by atoms with Crippen LogP contribution in [-0.2, 0) is 0 Å². The molecule has 0 unspecified atom stereocenters. The first kappa shape index (κ1) is 15.5. The first-order valence-electron chi connectivity index (χ1n) is 8.00. The van der Waals surface area contributed by atoms with E-state index in [4.69, 9.17) is 5.10 Å². The molecule has 1 aliphatic rings. The van der Waals surface area contributed by atoms with Crippen molar-refractivity contribution in [2.24, 2.45) is 0 Å². The quantitative estimate of drug-likeness (QED) is 0.576. The summed E-state index contributed by atoms with van der Waals surface area (Å²) in [6.07, 6.45) is 3.54. The van der Waals surface area contributed by atoms with Gasteiger partial charge >= 0.3 is 0 Å². The highest BCUT2D eigenvalue weighted by Gasteiger charge is 2.27. The molecule has 1 heterocycles. The molecule has 1 aromatic heterocycles. The van der Waals surface area contributed by atoms with Gasteiger partial charge in [-0.05, 0) is 90.4 Å². The van der Waals surface area contributed by atoms with Crippen LogP contribution in [0, 0.1) is 3.57 Å². The molecule has 0 spiro atoms. The summed E-state index contributed by atoms with van der Waals surface area (Å²) in [5, 5.41) is 24.0. The number of nitrogens with zero attached hydrogens (tertiary/aromatic N) is 2. The first-order chi connectivity index (χ1) is 11.6. The molecule has 1 fully saturated rings. The van der Waals surface area contributed by atoms with E-state index >= 15 is 0 Å². The van der Waals surface area contributed by atoms with Gasteiger partial charge in [0.05, 0.1) is 15.3 Å². The summed E-state index contributed by atoms with van der Waals surface area (Å²) < 4.78 is 3.23. The highest BCUT2D eigenvalue weighted by Crippen LogP contribution is 2.40. The maximum atomic E-state index is 9.57. The van der Waals surface area contributed by atoms with E-state index in [-0.39, 0.29) is 11.5 Å². The molecule has 4 nitrogen and oxygen atoms in total. The van der Waals surface area contributed by atoms with Crippen LogP contribution in [0.3, 0.4) is 0 Å². The Labute approximate surface area is 153 Å². The number of aromatic hydroxyl groups is 2. The predicted octanol–water partition coefficient (Wildman–Crippen LogP) is 4.96. The number of hydrogen-bond acceptors (Lipinski definition) is 3. The molecule has 0 saturated heterocycles. The summed E-state index contributed by atoms with van der Waals surface area (Å²) in [4.78, 5) is 0. The van der Waals surface area contributed by atoms with Crippen LogP contribution in [0.15, 0.2) is 48.5 Å². The van der Waals surface area contributed by atoms with Crippen molar-refractivity contribution in [3.8, 4) is 34.0 Å². The topological polar surface area (TPSA) is 58.3 Å². The van der Waals surface area contributed by atoms with Gasteiger partial charge in [0.2, 0.25) is 0 Å². The van der Waals surface area contributed by atoms with Gasteiger partial charge < -0.3 is 10.2 Å².